The van der Waals surface area contributed by atoms with Crippen molar-refractivity contribution in [3.8, 4) is 5.69 Å². The normalized spacial score (nSPS) is 17.8. The van der Waals surface area contributed by atoms with E-state index in [2.05, 4.69) is 22.7 Å². The average molecular weight is 374 g/mol. The minimum absolute atomic E-state index is 0.0207. The first-order valence-electron chi connectivity index (χ1n) is 9.34. The Balaban J connectivity index is 1.47. The molecule has 1 fully saturated rings. The van der Waals surface area contributed by atoms with Gasteiger partial charge in [-0.1, -0.05) is 19.1 Å². The molecule has 28 heavy (non-hydrogen) atoms. The lowest BCUT2D eigenvalue weighted by molar-refractivity contribution is -0.117. The third-order valence-electron chi connectivity index (χ3n) is 5.02. The number of hydrogen-bond acceptors (Lipinski definition) is 3. The van der Waals surface area contributed by atoms with E-state index < -0.39 is 0 Å². The van der Waals surface area contributed by atoms with Crippen LogP contribution >= 0.6 is 0 Å². The highest BCUT2D eigenvalue weighted by atomic mass is 16.2. The largest absolute Gasteiger partial charge is 0.326 e. The lowest BCUT2D eigenvalue weighted by atomic mass is 10.1. The third kappa shape index (κ3) is 3.81. The molecular formula is C22H22N4O2. The van der Waals surface area contributed by atoms with Gasteiger partial charge in [-0.2, -0.15) is 5.10 Å². The van der Waals surface area contributed by atoms with Gasteiger partial charge < -0.3 is 10.6 Å². The number of aryl methyl sites for hydroxylation is 1. The molecule has 3 aromatic rings. The van der Waals surface area contributed by atoms with Crippen LogP contribution in [0, 0.1) is 18.8 Å². The van der Waals surface area contributed by atoms with Gasteiger partial charge in [-0.25, -0.2) is 4.68 Å². The van der Waals surface area contributed by atoms with Crippen LogP contribution in [0.4, 0.5) is 11.4 Å². The molecule has 0 spiro atoms. The zero-order valence-corrected chi connectivity index (χ0v) is 15.8. The quantitative estimate of drug-likeness (QED) is 0.708. The van der Waals surface area contributed by atoms with Crippen LogP contribution in [-0.4, -0.2) is 21.6 Å². The van der Waals surface area contributed by atoms with Crippen LogP contribution in [0.15, 0.2) is 60.8 Å². The summed E-state index contributed by atoms with van der Waals surface area (Å²) in [5.74, 6) is 0.320. The summed E-state index contributed by atoms with van der Waals surface area (Å²) in [5.41, 5.74) is 3.69. The van der Waals surface area contributed by atoms with Gasteiger partial charge in [0, 0.05) is 34.7 Å². The summed E-state index contributed by atoms with van der Waals surface area (Å²) in [6.07, 6.45) is 2.67. The van der Waals surface area contributed by atoms with Gasteiger partial charge in [-0.15, -0.1) is 0 Å². The smallest absolute Gasteiger partial charge is 0.255 e. The Morgan fingerprint density at radius 1 is 1.04 bits per heavy atom. The van der Waals surface area contributed by atoms with Crippen molar-refractivity contribution >= 4 is 23.2 Å². The first-order chi connectivity index (χ1) is 13.5. The molecule has 1 aliphatic carbocycles. The topological polar surface area (TPSA) is 76.0 Å². The number of carbonyl (C=O) groups excluding carboxylic acids is 2. The summed E-state index contributed by atoms with van der Waals surface area (Å²) in [5, 5.41) is 10.1. The molecular weight excluding hydrogens is 352 g/mol. The number of anilines is 2. The molecule has 1 aliphatic rings. The molecule has 6 heteroatoms. The Morgan fingerprint density at radius 3 is 2.43 bits per heavy atom. The van der Waals surface area contributed by atoms with Gasteiger partial charge in [0.25, 0.3) is 5.91 Å². The average Bonchev–Trinajstić information content (AvgIpc) is 3.27. The van der Waals surface area contributed by atoms with Gasteiger partial charge >= 0.3 is 0 Å². The van der Waals surface area contributed by atoms with Gasteiger partial charge in [0.1, 0.15) is 0 Å². The second-order valence-corrected chi connectivity index (χ2v) is 7.28. The maximum Gasteiger partial charge on any atom is 0.255 e. The number of amides is 2. The van der Waals surface area contributed by atoms with Gasteiger partial charge in [0.2, 0.25) is 5.91 Å². The Bertz CT molecular complexity index is 1040. The van der Waals surface area contributed by atoms with Crippen LogP contribution < -0.4 is 10.6 Å². The summed E-state index contributed by atoms with van der Waals surface area (Å²) in [4.78, 5) is 24.8. The maximum absolute atomic E-state index is 12.7. The monoisotopic (exact) mass is 374 g/mol. The summed E-state index contributed by atoms with van der Waals surface area (Å²) in [6.45, 7) is 4.04. The Hall–Kier alpha value is -3.41. The number of carbonyl (C=O) groups is 2. The number of hydrogen-bond donors (Lipinski definition) is 2. The summed E-state index contributed by atoms with van der Waals surface area (Å²) >= 11 is 0. The second-order valence-electron chi connectivity index (χ2n) is 7.28. The number of nitrogens with one attached hydrogen (secondary N) is 2. The van der Waals surface area contributed by atoms with Crippen molar-refractivity contribution < 1.29 is 9.59 Å². The Morgan fingerprint density at radius 2 is 1.75 bits per heavy atom. The fourth-order valence-corrected chi connectivity index (χ4v) is 3.22. The molecule has 2 atom stereocenters. The first kappa shape index (κ1) is 18.0. The molecule has 0 aliphatic heterocycles. The summed E-state index contributed by atoms with van der Waals surface area (Å²) < 4.78 is 1.81. The standard InChI is InChI=1S/C22H22N4O2/c1-14-11-20(14)22(28)25-17-6-3-5-16(12-17)21(27)24-18-7-4-8-19(13-18)26-15(2)9-10-23-26/h3-10,12-14,20H,11H2,1-2H3,(H,24,27)(H,25,28). The van der Waals surface area contributed by atoms with E-state index >= 15 is 0 Å². The molecule has 2 amide bonds. The van der Waals surface area contributed by atoms with E-state index in [1.54, 1.807) is 30.5 Å². The lowest BCUT2D eigenvalue weighted by Gasteiger charge is -2.10. The van der Waals surface area contributed by atoms with Gasteiger partial charge in [0.15, 0.2) is 0 Å². The number of benzene rings is 2. The number of rotatable bonds is 5. The molecule has 2 aromatic carbocycles. The van der Waals surface area contributed by atoms with Crippen LogP contribution in [0.5, 0.6) is 0 Å². The zero-order valence-electron chi connectivity index (χ0n) is 15.8. The van der Waals surface area contributed by atoms with E-state index in [0.29, 0.717) is 22.9 Å². The fraction of sp³-hybridized carbons (Fsp3) is 0.227. The predicted molar refractivity (Wildman–Crippen MR) is 109 cm³/mol. The third-order valence-corrected chi connectivity index (χ3v) is 5.02. The minimum Gasteiger partial charge on any atom is -0.326 e. The molecule has 1 saturated carbocycles. The predicted octanol–water partition coefficient (Wildman–Crippen LogP) is 4.03. The van der Waals surface area contributed by atoms with Crippen LogP contribution in [0.3, 0.4) is 0 Å². The Kier molecular flexibility index (Phi) is 4.69. The molecule has 1 aromatic heterocycles. The van der Waals surface area contributed by atoms with E-state index in [1.165, 1.54) is 0 Å². The van der Waals surface area contributed by atoms with Crippen molar-refractivity contribution in [1.82, 2.24) is 9.78 Å². The first-order valence-corrected chi connectivity index (χ1v) is 9.34. The number of nitrogens with zero attached hydrogens (tertiary/aromatic N) is 2. The minimum atomic E-state index is -0.231. The Labute approximate surface area is 163 Å². The molecule has 6 nitrogen and oxygen atoms in total. The molecule has 0 bridgehead atoms. The van der Waals surface area contributed by atoms with Crippen molar-refractivity contribution in [3.63, 3.8) is 0 Å². The van der Waals surface area contributed by atoms with Crippen LogP contribution in [-0.2, 0) is 4.79 Å². The van der Waals surface area contributed by atoms with Crippen molar-refractivity contribution in [2.45, 2.75) is 20.3 Å². The van der Waals surface area contributed by atoms with Gasteiger partial charge in [-0.3, -0.25) is 9.59 Å². The van der Waals surface area contributed by atoms with Gasteiger partial charge in [0.05, 0.1) is 5.69 Å². The van der Waals surface area contributed by atoms with E-state index in [-0.39, 0.29) is 17.7 Å². The SMILES string of the molecule is Cc1ccnn1-c1cccc(NC(=O)c2cccc(NC(=O)C3CC3C)c2)c1. The molecule has 4 rings (SSSR count). The van der Waals surface area contributed by atoms with Crippen molar-refractivity contribution in [1.29, 1.82) is 0 Å². The van der Waals surface area contributed by atoms with E-state index in [9.17, 15) is 9.59 Å². The molecule has 1 heterocycles. The maximum atomic E-state index is 12.7. The fourth-order valence-electron chi connectivity index (χ4n) is 3.22. The van der Waals surface area contributed by atoms with E-state index in [4.69, 9.17) is 0 Å². The molecule has 2 N–H and O–H groups in total. The van der Waals surface area contributed by atoms with Crippen molar-refractivity contribution in [2.75, 3.05) is 10.6 Å². The summed E-state index contributed by atoms with van der Waals surface area (Å²) in [6, 6.07) is 16.4. The highest BCUT2D eigenvalue weighted by Gasteiger charge is 2.39. The van der Waals surface area contributed by atoms with E-state index in [1.807, 2.05) is 41.9 Å². The molecule has 142 valence electrons. The molecule has 0 saturated heterocycles. The summed E-state index contributed by atoms with van der Waals surface area (Å²) in [7, 11) is 0. The van der Waals surface area contributed by atoms with Crippen LogP contribution in [0.2, 0.25) is 0 Å². The van der Waals surface area contributed by atoms with Crippen molar-refractivity contribution in [3.05, 3.63) is 72.1 Å². The highest BCUT2D eigenvalue weighted by Crippen LogP contribution is 2.38. The van der Waals surface area contributed by atoms with Crippen LogP contribution in [0.1, 0.15) is 29.4 Å². The molecule has 0 radical (unpaired) electrons. The number of aromatic nitrogens is 2. The zero-order chi connectivity index (χ0) is 19.7. The van der Waals surface area contributed by atoms with Crippen LogP contribution in [0.25, 0.3) is 5.69 Å². The van der Waals surface area contributed by atoms with Crippen molar-refractivity contribution in [2.24, 2.45) is 11.8 Å². The highest BCUT2D eigenvalue weighted by molar-refractivity contribution is 6.05. The lowest BCUT2D eigenvalue weighted by Crippen LogP contribution is -2.16. The molecule has 2 unspecified atom stereocenters. The van der Waals surface area contributed by atoms with Gasteiger partial charge in [-0.05, 0) is 61.7 Å². The van der Waals surface area contributed by atoms with E-state index in [0.717, 1.165) is 17.8 Å². The second kappa shape index (κ2) is 7.31.